The molecule has 1 heterocycles. The van der Waals surface area contributed by atoms with Gasteiger partial charge in [-0.2, -0.15) is 0 Å². The Bertz CT molecular complexity index is 539. The highest BCUT2D eigenvalue weighted by Gasteiger charge is 2.15. The van der Waals surface area contributed by atoms with E-state index in [2.05, 4.69) is 31.9 Å². The van der Waals surface area contributed by atoms with Gasteiger partial charge in [-0.15, -0.1) is 11.3 Å². The molecule has 0 aliphatic rings. The molecule has 0 radical (unpaired) electrons. The van der Waals surface area contributed by atoms with Crippen LogP contribution in [0.5, 0.6) is 0 Å². The summed E-state index contributed by atoms with van der Waals surface area (Å²) in [5.41, 5.74) is 6.79. The van der Waals surface area contributed by atoms with E-state index in [0.29, 0.717) is 9.50 Å². The predicted octanol–water partition coefficient (Wildman–Crippen LogP) is 5.11. The molecule has 17 heavy (non-hydrogen) atoms. The van der Waals surface area contributed by atoms with Gasteiger partial charge in [-0.25, -0.2) is 4.39 Å². The quantitative estimate of drug-likeness (QED) is 0.746. The second kappa shape index (κ2) is 5.36. The van der Waals surface area contributed by atoms with Gasteiger partial charge in [0, 0.05) is 4.88 Å². The number of halogens is 4. The van der Waals surface area contributed by atoms with Crippen molar-refractivity contribution in [1.29, 1.82) is 0 Å². The number of thiophene rings is 1. The van der Waals surface area contributed by atoms with Crippen molar-refractivity contribution in [2.75, 3.05) is 0 Å². The number of rotatable bonds is 2. The summed E-state index contributed by atoms with van der Waals surface area (Å²) in [5.74, 6) is -0.320. The lowest BCUT2D eigenvalue weighted by molar-refractivity contribution is 0.617. The van der Waals surface area contributed by atoms with Crippen LogP contribution < -0.4 is 5.73 Å². The Morgan fingerprint density at radius 1 is 1.29 bits per heavy atom. The third-order valence-corrected chi connectivity index (χ3v) is 5.47. The van der Waals surface area contributed by atoms with Crippen LogP contribution in [0.1, 0.15) is 16.5 Å². The zero-order chi connectivity index (χ0) is 12.6. The lowest BCUT2D eigenvalue weighted by atomic mass is 10.1. The van der Waals surface area contributed by atoms with Gasteiger partial charge in [-0.3, -0.25) is 0 Å². The highest BCUT2D eigenvalue weighted by atomic mass is 79.9. The molecule has 0 amide bonds. The minimum absolute atomic E-state index is 0.320. The molecule has 1 aromatic carbocycles. The van der Waals surface area contributed by atoms with E-state index in [9.17, 15) is 4.39 Å². The summed E-state index contributed by atoms with van der Waals surface area (Å²) in [6, 6.07) is 6.29. The van der Waals surface area contributed by atoms with Crippen LogP contribution in [-0.2, 0) is 0 Å². The van der Waals surface area contributed by atoms with Crippen molar-refractivity contribution < 1.29 is 4.39 Å². The van der Waals surface area contributed by atoms with Gasteiger partial charge in [0.25, 0.3) is 0 Å². The molecule has 2 rings (SSSR count). The molecular formula is C11H7Br2ClFNS. The molecule has 2 N–H and O–H groups in total. The third kappa shape index (κ3) is 2.90. The Labute approximate surface area is 124 Å². The van der Waals surface area contributed by atoms with E-state index < -0.39 is 0 Å². The van der Waals surface area contributed by atoms with Crippen molar-refractivity contribution in [2.45, 2.75) is 6.04 Å². The van der Waals surface area contributed by atoms with Gasteiger partial charge in [0.15, 0.2) is 0 Å². The first-order valence-corrected chi connectivity index (χ1v) is 7.42. The summed E-state index contributed by atoms with van der Waals surface area (Å²) in [4.78, 5) is 0.892. The van der Waals surface area contributed by atoms with Gasteiger partial charge >= 0.3 is 0 Å². The molecule has 0 aliphatic heterocycles. The summed E-state index contributed by atoms with van der Waals surface area (Å²) in [6.07, 6.45) is 0. The normalized spacial score (nSPS) is 12.8. The highest BCUT2D eigenvalue weighted by Crippen LogP contribution is 2.36. The second-order valence-corrected chi connectivity index (χ2v) is 7.08. The minimum Gasteiger partial charge on any atom is -0.320 e. The summed E-state index contributed by atoms with van der Waals surface area (Å²) in [6.45, 7) is 0. The Kier molecular flexibility index (Phi) is 4.26. The monoisotopic (exact) mass is 397 g/mol. The Morgan fingerprint density at radius 3 is 2.53 bits per heavy atom. The van der Waals surface area contributed by atoms with Gasteiger partial charge < -0.3 is 5.73 Å². The van der Waals surface area contributed by atoms with Crippen LogP contribution >= 0.6 is 54.8 Å². The smallest absolute Gasteiger partial charge is 0.137 e. The average Bonchev–Trinajstić information content (AvgIpc) is 2.62. The van der Waals surface area contributed by atoms with Gasteiger partial charge in [-0.05, 0) is 55.6 Å². The molecular weight excluding hydrogens is 392 g/mol. The lowest BCUT2D eigenvalue weighted by Crippen LogP contribution is -2.10. The van der Waals surface area contributed by atoms with Gasteiger partial charge in [-0.1, -0.05) is 17.7 Å². The standard InChI is InChI=1S/C11H7Br2ClFNS/c12-6-2-1-5(3-8(6)15)10(16)9-4-7(14)11(13)17-9/h1-4,10H,16H2. The average molecular weight is 400 g/mol. The topological polar surface area (TPSA) is 26.0 Å². The molecule has 90 valence electrons. The molecule has 0 aliphatic carbocycles. The van der Waals surface area contributed by atoms with Gasteiger partial charge in [0.1, 0.15) is 5.82 Å². The lowest BCUT2D eigenvalue weighted by Gasteiger charge is -2.10. The number of benzene rings is 1. The van der Waals surface area contributed by atoms with Crippen LogP contribution in [0.15, 0.2) is 32.5 Å². The van der Waals surface area contributed by atoms with Crippen LogP contribution in [-0.4, -0.2) is 0 Å². The van der Waals surface area contributed by atoms with E-state index >= 15 is 0 Å². The maximum Gasteiger partial charge on any atom is 0.137 e. The maximum atomic E-state index is 13.4. The molecule has 0 spiro atoms. The van der Waals surface area contributed by atoms with Crippen LogP contribution in [0, 0.1) is 5.82 Å². The van der Waals surface area contributed by atoms with Crippen molar-refractivity contribution in [1.82, 2.24) is 0 Å². The summed E-state index contributed by atoms with van der Waals surface area (Å²) in [7, 11) is 0. The van der Waals surface area contributed by atoms with E-state index in [1.165, 1.54) is 17.4 Å². The van der Waals surface area contributed by atoms with E-state index in [1.807, 2.05) is 0 Å². The zero-order valence-electron chi connectivity index (χ0n) is 8.38. The van der Waals surface area contributed by atoms with E-state index in [-0.39, 0.29) is 11.9 Å². The maximum absolute atomic E-state index is 13.4. The van der Waals surface area contributed by atoms with Gasteiger partial charge in [0.2, 0.25) is 0 Å². The molecule has 0 fully saturated rings. The Hall–Kier alpha value is 0.0600. The van der Waals surface area contributed by atoms with Crippen LogP contribution in [0.25, 0.3) is 0 Å². The largest absolute Gasteiger partial charge is 0.320 e. The fourth-order valence-electron chi connectivity index (χ4n) is 1.39. The second-order valence-electron chi connectivity index (χ2n) is 3.42. The van der Waals surface area contributed by atoms with Crippen molar-refractivity contribution in [3.8, 4) is 0 Å². The van der Waals surface area contributed by atoms with E-state index in [0.717, 1.165) is 14.2 Å². The third-order valence-electron chi connectivity index (χ3n) is 2.27. The minimum atomic E-state index is -0.369. The first-order valence-electron chi connectivity index (χ1n) is 4.64. The fraction of sp³-hybridized carbons (Fsp3) is 0.0909. The summed E-state index contributed by atoms with van der Waals surface area (Å²) in [5, 5.41) is 0.623. The molecule has 0 saturated carbocycles. The molecule has 1 aromatic heterocycles. The SMILES string of the molecule is NC(c1ccc(Br)c(F)c1)c1cc(Cl)c(Br)s1. The molecule has 0 saturated heterocycles. The molecule has 6 heteroatoms. The number of nitrogens with two attached hydrogens (primary N) is 1. The van der Waals surface area contributed by atoms with Crippen molar-refractivity contribution >= 4 is 54.8 Å². The number of hydrogen-bond donors (Lipinski definition) is 1. The first-order chi connectivity index (χ1) is 7.99. The van der Waals surface area contributed by atoms with Crippen LogP contribution in [0.3, 0.4) is 0 Å². The highest BCUT2D eigenvalue weighted by molar-refractivity contribution is 9.11. The van der Waals surface area contributed by atoms with Crippen LogP contribution in [0.4, 0.5) is 4.39 Å². The first kappa shape index (κ1) is 13.5. The summed E-state index contributed by atoms with van der Waals surface area (Å²) >= 11 is 13.8. The predicted molar refractivity (Wildman–Crippen MR) is 77.2 cm³/mol. The molecule has 1 atom stereocenters. The fourth-order valence-corrected chi connectivity index (χ4v) is 3.41. The molecule has 0 bridgehead atoms. The summed E-state index contributed by atoms with van der Waals surface area (Å²) < 4.78 is 14.7. The van der Waals surface area contributed by atoms with Crippen molar-refractivity contribution in [3.05, 3.63) is 53.8 Å². The zero-order valence-corrected chi connectivity index (χ0v) is 13.1. The van der Waals surface area contributed by atoms with Crippen molar-refractivity contribution in [2.24, 2.45) is 5.73 Å². The van der Waals surface area contributed by atoms with E-state index in [4.69, 9.17) is 17.3 Å². The number of hydrogen-bond acceptors (Lipinski definition) is 2. The Morgan fingerprint density at radius 2 is 2.00 bits per heavy atom. The van der Waals surface area contributed by atoms with Crippen LogP contribution in [0.2, 0.25) is 5.02 Å². The molecule has 1 nitrogen and oxygen atoms in total. The van der Waals surface area contributed by atoms with Gasteiger partial charge in [0.05, 0.1) is 19.3 Å². The van der Waals surface area contributed by atoms with E-state index in [1.54, 1.807) is 18.2 Å². The van der Waals surface area contributed by atoms with Crippen molar-refractivity contribution in [3.63, 3.8) is 0 Å². The molecule has 1 unspecified atom stereocenters. The Balaban J connectivity index is 2.36. The molecule has 2 aromatic rings.